The van der Waals surface area contributed by atoms with Gasteiger partial charge in [-0.2, -0.15) is 0 Å². The summed E-state index contributed by atoms with van der Waals surface area (Å²) < 4.78 is 12.9. The molecule has 0 saturated carbocycles. The topological polar surface area (TPSA) is 32.3 Å². The van der Waals surface area contributed by atoms with Crippen LogP contribution in [-0.4, -0.2) is 36.2 Å². The molecular formula is C20H23FN2OS. The first-order chi connectivity index (χ1) is 12.2. The Morgan fingerprint density at radius 1 is 1.08 bits per heavy atom. The molecule has 2 aromatic carbocycles. The van der Waals surface area contributed by atoms with Gasteiger partial charge in [0.1, 0.15) is 5.82 Å². The summed E-state index contributed by atoms with van der Waals surface area (Å²) in [5.74, 6) is 0.0900. The number of benzene rings is 2. The highest BCUT2D eigenvalue weighted by Crippen LogP contribution is 2.24. The number of carbonyl (C=O) groups is 1. The molecule has 0 bridgehead atoms. The molecule has 3 rings (SSSR count). The molecule has 1 aliphatic heterocycles. The molecule has 3 nitrogen and oxygen atoms in total. The first-order valence-corrected chi connectivity index (χ1v) is 9.65. The number of amides is 1. The fraction of sp³-hybridized carbons (Fsp3) is 0.350. The van der Waals surface area contributed by atoms with Crippen molar-refractivity contribution in [2.45, 2.75) is 23.8 Å². The summed E-state index contributed by atoms with van der Waals surface area (Å²) in [6, 6.07) is 16.8. The predicted octanol–water partition coefficient (Wildman–Crippen LogP) is 3.87. The summed E-state index contributed by atoms with van der Waals surface area (Å²) >= 11 is 1.42. The Bertz CT molecular complexity index is 672. The lowest BCUT2D eigenvalue weighted by molar-refractivity contribution is -0.118. The summed E-state index contributed by atoms with van der Waals surface area (Å²) in [5, 5.41) is 3.06. The number of hydrogen-bond acceptors (Lipinski definition) is 3. The molecule has 0 aliphatic carbocycles. The number of thioether (sulfide) groups is 1. The van der Waals surface area contributed by atoms with Crippen molar-refractivity contribution in [2.75, 3.05) is 25.4 Å². The molecule has 1 unspecified atom stereocenters. The number of halogens is 1. The van der Waals surface area contributed by atoms with E-state index in [4.69, 9.17) is 0 Å². The van der Waals surface area contributed by atoms with E-state index in [9.17, 15) is 9.18 Å². The van der Waals surface area contributed by atoms with Gasteiger partial charge in [-0.05, 0) is 55.8 Å². The molecule has 1 N–H and O–H groups in total. The molecule has 0 aromatic heterocycles. The first-order valence-electron chi connectivity index (χ1n) is 8.66. The van der Waals surface area contributed by atoms with E-state index in [0.29, 0.717) is 12.3 Å². The van der Waals surface area contributed by atoms with Crippen LogP contribution >= 0.6 is 11.8 Å². The van der Waals surface area contributed by atoms with Crippen LogP contribution in [-0.2, 0) is 4.79 Å². The van der Waals surface area contributed by atoms with Gasteiger partial charge in [-0.3, -0.25) is 9.69 Å². The summed E-state index contributed by atoms with van der Waals surface area (Å²) in [6.07, 6.45) is 2.44. The Labute approximate surface area is 152 Å². The molecular weight excluding hydrogens is 335 g/mol. The van der Waals surface area contributed by atoms with Crippen molar-refractivity contribution in [3.05, 3.63) is 66.0 Å². The Morgan fingerprint density at radius 3 is 2.44 bits per heavy atom. The zero-order chi connectivity index (χ0) is 17.5. The summed E-state index contributed by atoms with van der Waals surface area (Å²) in [5.41, 5.74) is 1.25. The average Bonchev–Trinajstić information content (AvgIpc) is 3.17. The highest BCUT2D eigenvalue weighted by atomic mass is 32.2. The summed E-state index contributed by atoms with van der Waals surface area (Å²) in [6.45, 7) is 2.78. The lowest BCUT2D eigenvalue weighted by Gasteiger charge is -2.28. The number of carbonyl (C=O) groups excluding carboxylic acids is 1. The molecule has 132 valence electrons. The van der Waals surface area contributed by atoms with Crippen molar-refractivity contribution in [1.82, 2.24) is 10.2 Å². The van der Waals surface area contributed by atoms with Gasteiger partial charge in [0.15, 0.2) is 0 Å². The molecule has 1 amide bonds. The average molecular weight is 358 g/mol. The van der Waals surface area contributed by atoms with Crippen molar-refractivity contribution in [1.29, 1.82) is 0 Å². The predicted molar refractivity (Wildman–Crippen MR) is 100 cm³/mol. The smallest absolute Gasteiger partial charge is 0.230 e. The quantitative estimate of drug-likeness (QED) is 0.763. The number of hydrogen-bond donors (Lipinski definition) is 1. The first kappa shape index (κ1) is 18.0. The van der Waals surface area contributed by atoms with E-state index in [-0.39, 0.29) is 17.8 Å². The fourth-order valence-corrected chi connectivity index (χ4v) is 3.86. The third-order valence-corrected chi connectivity index (χ3v) is 5.45. The minimum atomic E-state index is -0.259. The van der Waals surface area contributed by atoms with Crippen LogP contribution < -0.4 is 5.32 Å². The van der Waals surface area contributed by atoms with Gasteiger partial charge >= 0.3 is 0 Å². The van der Waals surface area contributed by atoms with Crippen LogP contribution in [0.4, 0.5) is 4.39 Å². The van der Waals surface area contributed by atoms with Crippen LogP contribution in [0.25, 0.3) is 0 Å². The van der Waals surface area contributed by atoms with E-state index >= 15 is 0 Å². The standard InChI is InChI=1S/C20H23FN2OS/c21-17-8-10-18(11-9-17)25-15-20(24)22-14-19(23-12-4-5-13-23)16-6-2-1-3-7-16/h1-3,6-11,19H,4-5,12-15H2,(H,22,24). The van der Waals surface area contributed by atoms with E-state index in [0.717, 1.165) is 18.0 Å². The van der Waals surface area contributed by atoms with E-state index in [1.165, 1.54) is 42.3 Å². The lowest BCUT2D eigenvalue weighted by atomic mass is 10.1. The van der Waals surface area contributed by atoms with Crippen LogP contribution in [0.3, 0.4) is 0 Å². The van der Waals surface area contributed by atoms with Gasteiger partial charge in [-0.15, -0.1) is 11.8 Å². The third kappa shape index (κ3) is 5.31. The highest BCUT2D eigenvalue weighted by Gasteiger charge is 2.23. The molecule has 2 aromatic rings. The van der Waals surface area contributed by atoms with Gasteiger partial charge in [-0.1, -0.05) is 30.3 Å². The summed E-state index contributed by atoms with van der Waals surface area (Å²) in [4.78, 5) is 15.6. The minimum Gasteiger partial charge on any atom is -0.353 e. The Hall–Kier alpha value is -1.85. The van der Waals surface area contributed by atoms with E-state index in [1.54, 1.807) is 12.1 Å². The maximum absolute atomic E-state index is 12.9. The fourth-order valence-electron chi connectivity index (χ4n) is 3.13. The second kappa shape index (κ2) is 9.02. The number of likely N-dealkylation sites (tertiary alicyclic amines) is 1. The van der Waals surface area contributed by atoms with Crippen LogP contribution in [0.5, 0.6) is 0 Å². The number of rotatable bonds is 7. The van der Waals surface area contributed by atoms with Gasteiger partial charge < -0.3 is 5.32 Å². The van der Waals surface area contributed by atoms with Crippen molar-refractivity contribution in [3.63, 3.8) is 0 Å². The minimum absolute atomic E-state index is 0.00875. The number of nitrogens with one attached hydrogen (secondary N) is 1. The zero-order valence-corrected chi connectivity index (χ0v) is 15.0. The second-order valence-electron chi connectivity index (χ2n) is 6.22. The Kier molecular flexibility index (Phi) is 6.48. The maximum Gasteiger partial charge on any atom is 0.230 e. The SMILES string of the molecule is O=C(CSc1ccc(F)cc1)NCC(c1ccccc1)N1CCCC1. The molecule has 1 saturated heterocycles. The van der Waals surface area contributed by atoms with Gasteiger partial charge in [0, 0.05) is 11.4 Å². The molecule has 1 heterocycles. The maximum atomic E-state index is 12.9. The molecule has 0 radical (unpaired) electrons. The van der Waals surface area contributed by atoms with Crippen LogP contribution in [0.15, 0.2) is 59.5 Å². The highest BCUT2D eigenvalue weighted by molar-refractivity contribution is 8.00. The molecule has 1 fully saturated rings. The lowest BCUT2D eigenvalue weighted by Crippen LogP contribution is -2.37. The van der Waals surface area contributed by atoms with Crippen molar-refractivity contribution < 1.29 is 9.18 Å². The van der Waals surface area contributed by atoms with E-state index in [2.05, 4.69) is 22.3 Å². The van der Waals surface area contributed by atoms with Crippen molar-refractivity contribution in [3.8, 4) is 0 Å². The van der Waals surface area contributed by atoms with Gasteiger partial charge in [0.05, 0.1) is 11.8 Å². The normalized spacial score (nSPS) is 15.9. The van der Waals surface area contributed by atoms with Crippen molar-refractivity contribution >= 4 is 17.7 Å². The molecule has 25 heavy (non-hydrogen) atoms. The van der Waals surface area contributed by atoms with Crippen LogP contribution in [0.1, 0.15) is 24.4 Å². The second-order valence-corrected chi connectivity index (χ2v) is 7.26. The van der Waals surface area contributed by atoms with Crippen LogP contribution in [0.2, 0.25) is 0 Å². The monoisotopic (exact) mass is 358 g/mol. The number of nitrogens with zero attached hydrogens (tertiary/aromatic N) is 1. The van der Waals surface area contributed by atoms with Crippen molar-refractivity contribution in [2.24, 2.45) is 0 Å². The Balaban J connectivity index is 1.53. The van der Waals surface area contributed by atoms with Gasteiger partial charge in [0.2, 0.25) is 5.91 Å². The van der Waals surface area contributed by atoms with E-state index in [1.807, 2.05) is 18.2 Å². The van der Waals surface area contributed by atoms with Crippen LogP contribution in [0, 0.1) is 5.82 Å². The van der Waals surface area contributed by atoms with Gasteiger partial charge in [-0.25, -0.2) is 4.39 Å². The molecule has 5 heteroatoms. The van der Waals surface area contributed by atoms with E-state index < -0.39 is 0 Å². The van der Waals surface area contributed by atoms with Gasteiger partial charge in [0.25, 0.3) is 0 Å². The third-order valence-electron chi connectivity index (χ3n) is 4.44. The molecule has 1 aliphatic rings. The molecule has 1 atom stereocenters. The molecule has 0 spiro atoms. The zero-order valence-electron chi connectivity index (χ0n) is 14.2. The largest absolute Gasteiger partial charge is 0.353 e. The Morgan fingerprint density at radius 2 is 1.76 bits per heavy atom. The summed E-state index contributed by atoms with van der Waals surface area (Å²) in [7, 11) is 0.